The van der Waals surface area contributed by atoms with E-state index in [2.05, 4.69) is 4.74 Å². The summed E-state index contributed by atoms with van der Waals surface area (Å²) < 4.78 is 113. The molecule has 1 aromatic rings. The average molecular weight is 505 g/mol. The van der Waals surface area contributed by atoms with Crippen molar-refractivity contribution < 1.29 is 59.3 Å². The van der Waals surface area contributed by atoms with Gasteiger partial charge in [-0.25, -0.2) is 8.78 Å². The fourth-order valence-electron chi connectivity index (χ4n) is 3.21. The van der Waals surface area contributed by atoms with E-state index in [0.29, 0.717) is 4.90 Å². The van der Waals surface area contributed by atoms with Crippen LogP contribution in [0.25, 0.3) is 0 Å². The molecule has 2 atom stereocenters. The highest BCUT2D eigenvalue weighted by molar-refractivity contribution is 6.11. The summed E-state index contributed by atoms with van der Waals surface area (Å²) in [5.74, 6) is -3.09. The van der Waals surface area contributed by atoms with Crippen LogP contribution in [0.5, 0.6) is 5.75 Å². The fourth-order valence-corrected chi connectivity index (χ4v) is 3.21. The quantitative estimate of drug-likeness (QED) is 0.554. The normalized spacial score (nSPS) is 20.1. The molecule has 0 radical (unpaired) electrons. The maximum Gasteiger partial charge on any atom is 0.433 e. The van der Waals surface area contributed by atoms with Gasteiger partial charge in [-0.2, -0.15) is 26.3 Å². The minimum atomic E-state index is -5.43. The van der Waals surface area contributed by atoms with Crippen LogP contribution in [-0.4, -0.2) is 66.4 Å². The zero-order valence-electron chi connectivity index (χ0n) is 16.7. The van der Waals surface area contributed by atoms with Gasteiger partial charge in [-0.3, -0.25) is 19.4 Å². The lowest BCUT2D eigenvalue weighted by Crippen LogP contribution is -2.63. The number of benzene rings is 1. The molecule has 2 heterocycles. The second kappa shape index (κ2) is 9.25. The van der Waals surface area contributed by atoms with E-state index in [1.165, 1.54) is 0 Å². The van der Waals surface area contributed by atoms with Crippen molar-refractivity contribution in [2.24, 2.45) is 0 Å². The Labute approximate surface area is 185 Å². The van der Waals surface area contributed by atoms with Crippen molar-refractivity contribution in [3.63, 3.8) is 0 Å². The monoisotopic (exact) mass is 505 g/mol. The van der Waals surface area contributed by atoms with Gasteiger partial charge in [0.15, 0.2) is 0 Å². The number of anilines is 1. The SMILES string of the molecule is O=C1CC2=C(N1)N(C(O)C(F)(F)F)C(OCC(F)(F)F)N(c1ccc(OCC(F)F)cc1)C2=O. The minimum absolute atomic E-state index is 0.103. The lowest BCUT2D eigenvalue weighted by atomic mass is 10.1. The Morgan fingerprint density at radius 2 is 1.71 bits per heavy atom. The molecule has 2 aliphatic heterocycles. The first kappa shape index (κ1) is 25.5. The molecule has 2 unspecified atom stereocenters. The summed E-state index contributed by atoms with van der Waals surface area (Å²) in [5, 5.41) is 11.8. The van der Waals surface area contributed by atoms with Crippen molar-refractivity contribution in [2.45, 2.75) is 37.8 Å². The van der Waals surface area contributed by atoms with Crippen molar-refractivity contribution in [1.29, 1.82) is 0 Å². The Bertz CT molecular complexity index is 964. The summed E-state index contributed by atoms with van der Waals surface area (Å²) in [6, 6.07) is 4.07. The summed E-state index contributed by atoms with van der Waals surface area (Å²) in [6.45, 7) is -3.11. The second-order valence-corrected chi connectivity index (χ2v) is 7.00. The van der Waals surface area contributed by atoms with Gasteiger partial charge in [0.25, 0.3) is 12.3 Å². The van der Waals surface area contributed by atoms with E-state index in [4.69, 9.17) is 4.74 Å². The maximum atomic E-state index is 13.4. The highest BCUT2D eigenvalue weighted by atomic mass is 19.4. The largest absolute Gasteiger partial charge is 0.488 e. The molecule has 3 rings (SSSR count). The number of nitrogens with zero attached hydrogens (tertiary/aromatic N) is 2. The van der Waals surface area contributed by atoms with E-state index in [1.54, 1.807) is 0 Å². The lowest BCUT2D eigenvalue weighted by molar-refractivity contribution is -0.278. The van der Waals surface area contributed by atoms with Crippen LogP contribution in [0.3, 0.4) is 0 Å². The number of rotatable bonds is 7. The molecule has 1 aromatic carbocycles. The predicted octanol–water partition coefficient (Wildman–Crippen LogP) is 2.45. The number of carbonyl (C=O) groups excluding carboxylic acids is 2. The predicted molar refractivity (Wildman–Crippen MR) is 94.9 cm³/mol. The van der Waals surface area contributed by atoms with Crippen LogP contribution in [0.15, 0.2) is 35.7 Å². The van der Waals surface area contributed by atoms with Gasteiger partial charge in [0.05, 0.1) is 12.0 Å². The maximum absolute atomic E-state index is 13.4. The van der Waals surface area contributed by atoms with Crippen LogP contribution < -0.4 is 15.0 Å². The minimum Gasteiger partial charge on any atom is -0.488 e. The Kier molecular flexibility index (Phi) is 6.93. The summed E-state index contributed by atoms with van der Waals surface area (Å²) in [5.41, 5.74) is -0.884. The van der Waals surface area contributed by atoms with Crippen LogP contribution in [0.2, 0.25) is 0 Å². The van der Waals surface area contributed by atoms with Crippen LogP contribution in [0.1, 0.15) is 6.42 Å². The lowest BCUT2D eigenvalue weighted by Gasteiger charge is -2.46. The Hall–Kier alpha value is -3.14. The smallest absolute Gasteiger partial charge is 0.433 e. The number of ether oxygens (including phenoxy) is 2. The second-order valence-electron chi connectivity index (χ2n) is 7.00. The van der Waals surface area contributed by atoms with Crippen molar-refractivity contribution in [1.82, 2.24) is 10.2 Å². The summed E-state index contributed by atoms with van der Waals surface area (Å²) in [6.07, 6.45) is -20.0. The highest BCUT2D eigenvalue weighted by Gasteiger charge is 2.54. The van der Waals surface area contributed by atoms with Crippen LogP contribution in [0.4, 0.5) is 40.8 Å². The molecule has 0 aromatic heterocycles. The van der Waals surface area contributed by atoms with Crippen molar-refractivity contribution in [2.75, 3.05) is 18.1 Å². The molecule has 0 aliphatic carbocycles. The summed E-state index contributed by atoms with van der Waals surface area (Å²) in [4.78, 5) is 25.1. The number of aliphatic hydroxyl groups excluding tert-OH is 1. The Morgan fingerprint density at radius 3 is 2.24 bits per heavy atom. The average Bonchev–Trinajstić information content (AvgIpc) is 3.11. The van der Waals surface area contributed by atoms with Crippen LogP contribution in [-0.2, 0) is 14.3 Å². The number of hydrogen-bond donors (Lipinski definition) is 2. The van der Waals surface area contributed by atoms with Crippen LogP contribution >= 0.6 is 0 Å². The van der Waals surface area contributed by atoms with Crippen molar-refractivity contribution in [3.8, 4) is 5.75 Å². The van der Waals surface area contributed by atoms with E-state index >= 15 is 0 Å². The molecule has 16 heteroatoms. The number of carbonyl (C=O) groups is 2. The molecular weight excluding hydrogens is 490 g/mol. The van der Waals surface area contributed by atoms with Crippen molar-refractivity contribution in [3.05, 3.63) is 35.7 Å². The number of nitrogens with one attached hydrogen (secondary N) is 1. The van der Waals surface area contributed by atoms with E-state index in [0.717, 1.165) is 24.3 Å². The van der Waals surface area contributed by atoms with Crippen molar-refractivity contribution >= 4 is 17.5 Å². The number of alkyl halides is 8. The number of halogens is 8. The first-order valence-corrected chi connectivity index (χ1v) is 9.28. The first-order valence-electron chi connectivity index (χ1n) is 9.28. The molecule has 188 valence electrons. The molecule has 0 spiro atoms. The van der Waals surface area contributed by atoms with Gasteiger partial charge in [-0.1, -0.05) is 0 Å². The third-order valence-corrected chi connectivity index (χ3v) is 4.52. The van der Waals surface area contributed by atoms with Gasteiger partial charge in [0, 0.05) is 5.69 Å². The molecule has 0 fully saturated rings. The molecule has 2 N–H and O–H groups in total. The topological polar surface area (TPSA) is 91.3 Å². The third-order valence-electron chi connectivity index (χ3n) is 4.52. The molecule has 0 bridgehead atoms. The van der Waals surface area contributed by atoms with Gasteiger partial charge in [0.2, 0.25) is 18.5 Å². The molecule has 2 amide bonds. The number of amides is 2. The standard InChI is InChI=1S/C18H15F8N3O5/c19-11(20)6-33-9-3-1-8(2-4-9)28-14(31)10-5-12(30)27-13(10)29(15(32)18(24,25)26)16(28)34-7-17(21,22)23/h1-4,11,15-16,32H,5-7H2,(H,27,30). The Balaban J connectivity index is 2.06. The summed E-state index contributed by atoms with van der Waals surface area (Å²) >= 11 is 0. The molecule has 8 nitrogen and oxygen atoms in total. The molecule has 2 aliphatic rings. The zero-order chi connectivity index (χ0) is 25.4. The van der Waals surface area contributed by atoms with E-state index in [1.807, 2.05) is 5.32 Å². The molecular formula is C18H15F8N3O5. The summed E-state index contributed by atoms with van der Waals surface area (Å²) in [7, 11) is 0. The number of hydrogen-bond acceptors (Lipinski definition) is 6. The van der Waals surface area contributed by atoms with E-state index in [-0.39, 0.29) is 16.3 Å². The van der Waals surface area contributed by atoms with Gasteiger partial charge in [-0.05, 0) is 24.3 Å². The third kappa shape index (κ3) is 5.49. The van der Waals surface area contributed by atoms with Gasteiger partial charge >= 0.3 is 12.4 Å². The van der Waals surface area contributed by atoms with E-state index in [9.17, 15) is 49.8 Å². The molecule has 34 heavy (non-hydrogen) atoms. The fraction of sp³-hybridized carbons (Fsp3) is 0.444. The van der Waals surface area contributed by atoms with Gasteiger partial charge in [-0.15, -0.1) is 0 Å². The van der Waals surface area contributed by atoms with Crippen LogP contribution in [0, 0.1) is 0 Å². The molecule has 0 saturated heterocycles. The van der Waals surface area contributed by atoms with Gasteiger partial charge in [0.1, 0.15) is 24.8 Å². The molecule has 0 saturated carbocycles. The first-order chi connectivity index (χ1) is 15.7. The zero-order valence-corrected chi connectivity index (χ0v) is 16.7. The van der Waals surface area contributed by atoms with Gasteiger partial charge < -0.3 is 19.9 Å². The highest BCUT2D eigenvalue weighted by Crippen LogP contribution is 2.38. The Morgan fingerprint density at radius 1 is 1.09 bits per heavy atom. The van der Waals surface area contributed by atoms with E-state index < -0.39 is 74.2 Å². The number of aliphatic hydroxyl groups is 1.